The minimum atomic E-state index is -0.00813. The van der Waals surface area contributed by atoms with Gasteiger partial charge in [-0.05, 0) is 46.4 Å². The van der Waals surface area contributed by atoms with Gasteiger partial charge >= 0.3 is 0 Å². The Morgan fingerprint density at radius 1 is 0.880 bits per heavy atom. The quantitative estimate of drug-likeness (QED) is 0.434. The van der Waals surface area contributed by atoms with Gasteiger partial charge in [0.25, 0.3) is 5.56 Å². The summed E-state index contributed by atoms with van der Waals surface area (Å²) >= 11 is 2.22. The van der Waals surface area contributed by atoms with E-state index < -0.39 is 0 Å². The number of fused-ring (bicyclic) bond motifs is 1. The lowest BCUT2D eigenvalue weighted by atomic mass is 10.1. The first-order chi connectivity index (χ1) is 12.2. The molecule has 0 bridgehead atoms. The topological polar surface area (TPSA) is 34.9 Å². The van der Waals surface area contributed by atoms with E-state index >= 15 is 0 Å². The second kappa shape index (κ2) is 6.80. The Balaban J connectivity index is 2.00. The molecule has 4 heteroatoms. The zero-order valence-electron chi connectivity index (χ0n) is 13.4. The molecule has 0 radical (unpaired) electrons. The van der Waals surface area contributed by atoms with E-state index in [2.05, 4.69) is 22.6 Å². The number of hydrogen-bond donors (Lipinski definition) is 0. The van der Waals surface area contributed by atoms with Gasteiger partial charge < -0.3 is 0 Å². The molecule has 0 unspecified atom stereocenters. The van der Waals surface area contributed by atoms with E-state index in [9.17, 15) is 4.79 Å². The van der Waals surface area contributed by atoms with Gasteiger partial charge in [0.2, 0.25) is 0 Å². The zero-order valence-corrected chi connectivity index (χ0v) is 15.6. The highest BCUT2D eigenvalue weighted by atomic mass is 127. The molecule has 4 aromatic rings. The first kappa shape index (κ1) is 16.0. The van der Waals surface area contributed by atoms with Gasteiger partial charge in [-0.3, -0.25) is 9.36 Å². The van der Waals surface area contributed by atoms with Crippen molar-refractivity contribution in [1.29, 1.82) is 0 Å². The van der Waals surface area contributed by atoms with Crippen LogP contribution in [0.3, 0.4) is 0 Å². The van der Waals surface area contributed by atoms with E-state index in [-0.39, 0.29) is 5.56 Å². The van der Waals surface area contributed by atoms with E-state index in [1.807, 2.05) is 78.9 Å². The van der Waals surface area contributed by atoms with E-state index in [1.54, 1.807) is 4.57 Å². The van der Waals surface area contributed by atoms with Crippen LogP contribution in [0.2, 0.25) is 0 Å². The van der Waals surface area contributed by atoms with Crippen LogP contribution in [0.4, 0.5) is 0 Å². The maximum Gasteiger partial charge on any atom is 0.261 e. The summed E-state index contributed by atoms with van der Waals surface area (Å²) in [5, 5.41) is 0.655. The number of rotatable bonds is 3. The fourth-order valence-corrected chi connectivity index (χ4v) is 3.40. The molecule has 3 aromatic carbocycles. The molecule has 1 aromatic heterocycles. The van der Waals surface area contributed by atoms with Crippen LogP contribution in [0.1, 0.15) is 5.56 Å². The van der Waals surface area contributed by atoms with Crippen LogP contribution in [0.25, 0.3) is 22.3 Å². The van der Waals surface area contributed by atoms with Gasteiger partial charge in [0, 0.05) is 9.13 Å². The summed E-state index contributed by atoms with van der Waals surface area (Å²) in [7, 11) is 0. The zero-order chi connectivity index (χ0) is 17.2. The van der Waals surface area contributed by atoms with E-state index in [0.717, 1.165) is 20.2 Å². The normalized spacial score (nSPS) is 10.9. The first-order valence-corrected chi connectivity index (χ1v) is 9.10. The number of aromatic nitrogens is 2. The minimum Gasteiger partial charge on any atom is -0.288 e. The Labute approximate surface area is 159 Å². The highest BCUT2D eigenvalue weighted by Gasteiger charge is 2.13. The average Bonchev–Trinajstić information content (AvgIpc) is 2.66. The van der Waals surface area contributed by atoms with Crippen molar-refractivity contribution >= 4 is 33.5 Å². The predicted octanol–water partition coefficient (Wildman–Crippen LogP) is 4.72. The van der Waals surface area contributed by atoms with Crippen LogP contribution in [0.15, 0.2) is 83.7 Å². The maximum absolute atomic E-state index is 13.2. The van der Waals surface area contributed by atoms with Gasteiger partial charge in [-0.2, -0.15) is 0 Å². The molecule has 4 rings (SSSR count). The molecule has 0 atom stereocenters. The second-order valence-electron chi connectivity index (χ2n) is 5.84. The summed E-state index contributed by atoms with van der Waals surface area (Å²) in [6.07, 6.45) is 0. The second-order valence-corrected chi connectivity index (χ2v) is 7.09. The van der Waals surface area contributed by atoms with Crippen molar-refractivity contribution in [2.75, 3.05) is 0 Å². The molecule has 0 saturated heterocycles. The Morgan fingerprint density at radius 3 is 2.28 bits per heavy atom. The smallest absolute Gasteiger partial charge is 0.261 e. The van der Waals surface area contributed by atoms with Crippen molar-refractivity contribution in [3.63, 3.8) is 0 Å². The molecule has 3 nitrogen and oxygen atoms in total. The van der Waals surface area contributed by atoms with Crippen molar-refractivity contribution in [3.05, 3.63) is 98.4 Å². The van der Waals surface area contributed by atoms with Crippen LogP contribution in [-0.4, -0.2) is 9.55 Å². The Hall–Kier alpha value is -2.47. The van der Waals surface area contributed by atoms with E-state index in [1.165, 1.54) is 0 Å². The summed E-state index contributed by atoms with van der Waals surface area (Å²) in [5.74, 6) is 0.697. The van der Waals surface area contributed by atoms with Crippen molar-refractivity contribution in [2.45, 2.75) is 6.54 Å². The average molecular weight is 438 g/mol. The summed E-state index contributed by atoms with van der Waals surface area (Å²) in [6, 6.07) is 25.7. The number of hydrogen-bond acceptors (Lipinski definition) is 2. The lowest BCUT2D eigenvalue weighted by Crippen LogP contribution is -2.24. The molecule has 1 heterocycles. The Morgan fingerprint density at radius 2 is 1.56 bits per heavy atom. The lowest BCUT2D eigenvalue weighted by Gasteiger charge is -2.14. The molecule has 0 saturated carbocycles. The third kappa shape index (κ3) is 3.22. The van der Waals surface area contributed by atoms with Gasteiger partial charge in [0.05, 0.1) is 17.4 Å². The van der Waals surface area contributed by atoms with Gasteiger partial charge in [0.1, 0.15) is 5.82 Å². The van der Waals surface area contributed by atoms with Crippen molar-refractivity contribution in [1.82, 2.24) is 9.55 Å². The summed E-state index contributed by atoms with van der Waals surface area (Å²) in [4.78, 5) is 18.0. The SMILES string of the molecule is O=c1c2cc(I)ccc2nc(-c2ccccc2)n1Cc1ccccc1. The van der Waals surface area contributed by atoms with Crippen LogP contribution in [0, 0.1) is 3.57 Å². The number of halogens is 1. The number of nitrogens with zero attached hydrogens (tertiary/aromatic N) is 2. The monoisotopic (exact) mass is 438 g/mol. The fourth-order valence-electron chi connectivity index (χ4n) is 2.91. The molecule has 0 aliphatic heterocycles. The Kier molecular flexibility index (Phi) is 4.36. The Bertz CT molecular complexity index is 1090. The van der Waals surface area contributed by atoms with Gasteiger partial charge in [0.15, 0.2) is 0 Å². The van der Waals surface area contributed by atoms with Crippen molar-refractivity contribution in [3.8, 4) is 11.4 Å². The van der Waals surface area contributed by atoms with Gasteiger partial charge in [-0.25, -0.2) is 4.98 Å². The van der Waals surface area contributed by atoms with Crippen LogP contribution < -0.4 is 5.56 Å². The molecule has 0 spiro atoms. The molecule has 0 amide bonds. The standard InChI is InChI=1S/C21H15IN2O/c22-17-11-12-19-18(13-17)21(25)24(14-15-7-3-1-4-8-15)20(23-19)16-9-5-2-6-10-16/h1-13H,14H2. The first-order valence-electron chi connectivity index (χ1n) is 8.02. The maximum atomic E-state index is 13.2. The molecular formula is C21H15IN2O. The highest BCUT2D eigenvalue weighted by Crippen LogP contribution is 2.21. The van der Waals surface area contributed by atoms with Crippen LogP contribution >= 0.6 is 22.6 Å². The molecule has 122 valence electrons. The molecule has 25 heavy (non-hydrogen) atoms. The van der Waals surface area contributed by atoms with Crippen LogP contribution in [-0.2, 0) is 6.54 Å². The highest BCUT2D eigenvalue weighted by molar-refractivity contribution is 14.1. The van der Waals surface area contributed by atoms with Crippen LogP contribution in [0.5, 0.6) is 0 Å². The molecule has 0 aliphatic carbocycles. The lowest BCUT2D eigenvalue weighted by molar-refractivity contribution is 0.759. The number of benzene rings is 3. The van der Waals surface area contributed by atoms with E-state index in [4.69, 9.17) is 4.98 Å². The third-order valence-electron chi connectivity index (χ3n) is 4.13. The third-order valence-corrected chi connectivity index (χ3v) is 4.80. The summed E-state index contributed by atoms with van der Waals surface area (Å²) < 4.78 is 2.80. The largest absolute Gasteiger partial charge is 0.288 e. The molecule has 0 aliphatic rings. The van der Waals surface area contributed by atoms with E-state index in [0.29, 0.717) is 17.8 Å². The van der Waals surface area contributed by atoms with Crippen molar-refractivity contribution in [2.24, 2.45) is 0 Å². The fraction of sp³-hybridized carbons (Fsp3) is 0.0476. The molecular weight excluding hydrogens is 423 g/mol. The van der Waals surface area contributed by atoms with Gasteiger partial charge in [-0.15, -0.1) is 0 Å². The molecule has 0 fully saturated rings. The summed E-state index contributed by atoms with van der Waals surface area (Å²) in [5.41, 5.74) is 2.74. The minimum absolute atomic E-state index is 0.00813. The molecule has 0 N–H and O–H groups in total. The van der Waals surface area contributed by atoms with Gasteiger partial charge in [-0.1, -0.05) is 60.7 Å². The predicted molar refractivity (Wildman–Crippen MR) is 110 cm³/mol. The summed E-state index contributed by atoms with van der Waals surface area (Å²) in [6.45, 7) is 0.498. The van der Waals surface area contributed by atoms with Crippen molar-refractivity contribution < 1.29 is 0 Å².